The lowest BCUT2D eigenvalue weighted by Crippen LogP contribution is -2.24. The van der Waals surface area contributed by atoms with Crippen molar-refractivity contribution in [2.75, 3.05) is 26.2 Å². The van der Waals surface area contributed by atoms with Crippen molar-refractivity contribution < 1.29 is 14.2 Å². The van der Waals surface area contributed by atoms with E-state index < -0.39 is 0 Å². The van der Waals surface area contributed by atoms with Gasteiger partial charge in [0.25, 0.3) is 0 Å². The molecule has 4 aromatic rings. The minimum atomic E-state index is 0.207. The summed E-state index contributed by atoms with van der Waals surface area (Å²) >= 11 is 1.55. The Labute approximate surface area is 208 Å². The molecule has 0 aliphatic carbocycles. The second-order valence-electron chi connectivity index (χ2n) is 8.47. The van der Waals surface area contributed by atoms with Crippen LogP contribution in [0, 0.1) is 0 Å². The smallest absolute Gasteiger partial charge is 0.231 e. The molecule has 0 spiro atoms. The van der Waals surface area contributed by atoms with Crippen molar-refractivity contribution in [1.82, 2.24) is 24.8 Å². The average molecular weight is 493 g/mol. The van der Waals surface area contributed by atoms with Crippen molar-refractivity contribution in [3.63, 3.8) is 0 Å². The fourth-order valence-electron chi connectivity index (χ4n) is 3.94. The number of hydrogen-bond donors (Lipinski definition) is 2. The Morgan fingerprint density at radius 2 is 1.91 bits per heavy atom. The summed E-state index contributed by atoms with van der Waals surface area (Å²) in [5.74, 6) is 2.61. The molecule has 10 heteroatoms. The Bertz CT molecular complexity index is 1340. The van der Waals surface area contributed by atoms with Crippen LogP contribution < -0.4 is 25.3 Å². The highest BCUT2D eigenvalue weighted by molar-refractivity contribution is 7.99. The van der Waals surface area contributed by atoms with Gasteiger partial charge in [0.1, 0.15) is 12.1 Å². The van der Waals surface area contributed by atoms with Gasteiger partial charge in [0.05, 0.1) is 7.11 Å². The number of aromatic nitrogens is 4. The van der Waals surface area contributed by atoms with E-state index in [1.54, 1.807) is 18.9 Å². The van der Waals surface area contributed by atoms with Gasteiger partial charge >= 0.3 is 0 Å². The van der Waals surface area contributed by atoms with Gasteiger partial charge in [-0.05, 0) is 48.4 Å². The van der Waals surface area contributed by atoms with Crippen LogP contribution in [0.1, 0.15) is 20.3 Å². The van der Waals surface area contributed by atoms with Crippen LogP contribution in [-0.4, -0.2) is 46.0 Å². The molecular formula is C25H28N6O3S. The summed E-state index contributed by atoms with van der Waals surface area (Å²) in [5, 5.41) is 4.26. The van der Waals surface area contributed by atoms with Crippen molar-refractivity contribution in [1.29, 1.82) is 0 Å². The molecule has 0 fully saturated rings. The first-order chi connectivity index (χ1) is 17.0. The highest BCUT2D eigenvalue weighted by Gasteiger charge is 2.22. The van der Waals surface area contributed by atoms with Crippen LogP contribution in [0.4, 0.5) is 5.82 Å². The number of aryl methyl sites for hydroxylation is 1. The monoisotopic (exact) mass is 492 g/mol. The zero-order valence-corrected chi connectivity index (χ0v) is 20.8. The minimum Gasteiger partial charge on any atom is -0.497 e. The normalized spacial score (nSPS) is 12.6. The molecule has 35 heavy (non-hydrogen) atoms. The standard InChI is InChI=1S/C25H28N6O3S/c1-15(2)27-9-4-10-31-24-22(23(26)28-13-29-24)30-25(31)35-21-12-20-19(33-14-34-20)11-18(21)16-5-7-17(32-3)8-6-16/h5-8,11-13,15,27H,4,9-10,14H2,1-3H3,(H2,26,28,29). The second-order valence-corrected chi connectivity index (χ2v) is 9.48. The third kappa shape index (κ3) is 4.85. The van der Waals surface area contributed by atoms with Crippen LogP contribution in [0.3, 0.4) is 0 Å². The van der Waals surface area contributed by atoms with Gasteiger partial charge in [-0.1, -0.05) is 37.7 Å². The maximum absolute atomic E-state index is 6.15. The second kappa shape index (κ2) is 10.0. The van der Waals surface area contributed by atoms with Gasteiger partial charge in [-0.3, -0.25) is 0 Å². The molecule has 182 valence electrons. The van der Waals surface area contributed by atoms with Gasteiger partial charge in [-0.15, -0.1) is 0 Å². The van der Waals surface area contributed by atoms with E-state index in [4.69, 9.17) is 24.9 Å². The minimum absolute atomic E-state index is 0.207. The number of imidazole rings is 1. The van der Waals surface area contributed by atoms with Gasteiger partial charge in [0.15, 0.2) is 33.6 Å². The molecule has 0 saturated carbocycles. The summed E-state index contributed by atoms with van der Waals surface area (Å²) in [6, 6.07) is 12.4. The van der Waals surface area contributed by atoms with Crippen LogP contribution in [-0.2, 0) is 6.54 Å². The lowest BCUT2D eigenvalue weighted by atomic mass is 10.0. The first-order valence-electron chi connectivity index (χ1n) is 11.5. The molecular weight excluding hydrogens is 464 g/mol. The van der Waals surface area contributed by atoms with Crippen LogP contribution in [0.15, 0.2) is 52.8 Å². The molecule has 0 saturated heterocycles. The summed E-state index contributed by atoms with van der Waals surface area (Å²) < 4.78 is 18.8. The van der Waals surface area contributed by atoms with Crippen LogP contribution in [0.2, 0.25) is 0 Å². The van der Waals surface area contributed by atoms with Gasteiger partial charge < -0.3 is 29.8 Å². The number of anilines is 1. The Morgan fingerprint density at radius 1 is 1.14 bits per heavy atom. The molecule has 1 aliphatic heterocycles. The molecule has 0 amide bonds. The number of nitrogens with two attached hydrogens (primary N) is 1. The number of fused-ring (bicyclic) bond motifs is 2. The SMILES string of the molecule is COc1ccc(-c2cc3c(cc2Sc2nc4c(N)ncnc4n2CCCNC(C)C)OCO3)cc1. The Hall–Kier alpha value is -3.50. The van der Waals surface area contributed by atoms with Gasteiger partial charge in [-0.25, -0.2) is 15.0 Å². The lowest BCUT2D eigenvalue weighted by Gasteiger charge is -2.13. The summed E-state index contributed by atoms with van der Waals surface area (Å²) in [7, 11) is 1.66. The number of hydrogen-bond acceptors (Lipinski definition) is 9. The third-order valence-electron chi connectivity index (χ3n) is 5.71. The number of nitrogens with one attached hydrogen (secondary N) is 1. The van der Waals surface area contributed by atoms with Gasteiger partial charge in [-0.2, -0.15) is 0 Å². The highest BCUT2D eigenvalue weighted by Crippen LogP contribution is 2.45. The molecule has 0 unspecified atom stereocenters. The van der Waals surface area contributed by atoms with E-state index in [2.05, 4.69) is 33.7 Å². The van der Waals surface area contributed by atoms with E-state index in [0.717, 1.165) is 57.8 Å². The summed E-state index contributed by atoms with van der Waals surface area (Å²) in [5.41, 5.74) is 9.55. The van der Waals surface area contributed by atoms with Crippen LogP contribution in [0.25, 0.3) is 22.3 Å². The zero-order valence-electron chi connectivity index (χ0n) is 19.9. The van der Waals surface area contributed by atoms with E-state index in [0.29, 0.717) is 23.1 Å². The molecule has 9 nitrogen and oxygen atoms in total. The van der Waals surface area contributed by atoms with Crippen molar-refractivity contribution in [3.8, 4) is 28.4 Å². The van der Waals surface area contributed by atoms with Crippen LogP contribution in [0.5, 0.6) is 17.2 Å². The van der Waals surface area contributed by atoms with E-state index in [-0.39, 0.29) is 6.79 Å². The molecule has 1 aliphatic rings. The largest absolute Gasteiger partial charge is 0.497 e. The van der Waals surface area contributed by atoms with Crippen molar-refractivity contribution in [3.05, 3.63) is 42.7 Å². The lowest BCUT2D eigenvalue weighted by molar-refractivity contribution is 0.174. The molecule has 3 N–H and O–H groups in total. The first kappa shape index (κ1) is 23.3. The van der Waals surface area contributed by atoms with Gasteiger partial charge in [0, 0.05) is 17.5 Å². The molecule has 5 rings (SSSR count). The highest BCUT2D eigenvalue weighted by atomic mass is 32.2. The number of nitrogen functional groups attached to an aromatic ring is 1. The van der Waals surface area contributed by atoms with E-state index in [9.17, 15) is 0 Å². The molecule has 3 heterocycles. The Balaban J connectivity index is 1.55. The summed E-state index contributed by atoms with van der Waals surface area (Å²) in [6.45, 7) is 6.13. The molecule has 0 bridgehead atoms. The van der Waals surface area contributed by atoms with Gasteiger partial charge in [0.2, 0.25) is 6.79 Å². The predicted octanol–water partition coefficient (Wildman–Crippen LogP) is 4.35. The molecule has 0 radical (unpaired) electrons. The summed E-state index contributed by atoms with van der Waals surface area (Å²) in [6.07, 6.45) is 2.41. The predicted molar refractivity (Wildman–Crippen MR) is 136 cm³/mol. The van der Waals surface area contributed by atoms with E-state index in [1.165, 1.54) is 6.33 Å². The van der Waals surface area contributed by atoms with E-state index in [1.807, 2.05) is 36.4 Å². The number of rotatable bonds is 9. The third-order valence-corrected chi connectivity index (χ3v) is 6.77. The number of benzene rings is 2. The van der Waals surface area contributed by atoms with Crippen molar-refractivity contribution in [2.45, 2.75) is 42.9 Å². The summed E-state index contributed by atoms with van der Waals surface area (Å²) in [4.78, 5) is 14.5. The maximum atomic E-state index is 6.15. The quantitative estimate of drug-likeness (QED) is 0.330. The zero-order chi connectivity index (χ0) is 24.4. The first-order valence-corrected chi connectivity index (χ1v) is 12.3. The number of ether oxygens (including phenoxy) is 3. The topological polar surface area (TPSA) is 109 Å². The fraction of sp³-hybridized carbons (Fsp3) is 0.320. The molecule has 2 aromatic heterocycles. The number of nitrogens with zero attached hydrogens (tertiary/aromatic N) is 4. The molecule has 2 aromatic carbocycles. The average Bonchev–Trinajstić information content (AvgIpc) is 3.46. The van der Waals surface area contributed by atoms with Crippen molar-refractivity contribution in [2.24, 2.45) is 0 Å². The Morgan fingerprint density at radius 3 is 2.66 bits per heavy atom. The van der Waals surface area contributed by atoms with Crippen molar-refractivity contribution >= 4 is 28.7 Å². The van der Waals surface area contributed by atoms with Crippen LogP contribution >= 0.6 is 11.8 Å². The Kier molecular flexibility index (Phi) is 6.65. The number of methoxy groups -OCH3 is 1. The molecule has 0 atom stereocenters. The maximum Gasteiger partial charge on any atom is 0.231 e. The van der Waals surface area contributed by atoms with E-state index >= 15 is 0 Å². The fourth-order valence-corrected chi connectivity index (χ4v) is 5.02.